The van der Waals surface area contributed by atoms with Gasteiger partial charge in [0.2, 0.25) is 0 Å². The highest BCUT2D eigenvalue weighted by atomic mass is 16.5. The van der Waals surface area contributed by atoms with Gasteiger partial charge in [0.25, 0.3) is 11.7 Å². The lowest BCUT2D eigenvalue weighted by atomic mass is 9.95. The maximum absolute atomic E-state index is 13.2. The molecule has 1 aliphatic rings. The normalized spacial score (nSPS) is 17.0. The van der Waals surface area contributed by atoms with Gasteiger partial charge in [-0.15, -0.1) is 0 Å². The van der Waals surface area contributed by atoms with Crippen LogP contribution in [0.5, 0.6) is 11.5 Å². The average molecular weight is 472 g/mol. The fourth-order valence-electron chi connectivity index (χ4n) is 4.22. The molecule has 0 saturated carbocycles. The zero-order valence-corrected chi connectivity index (χ0v) is 19.9. The topological polar surface area (TPSA) is 76.1 Å². The number of methoxy groups -OCH3 is 1. The van der Waals surface area contributed by atoms with E-state index in [-0.39, 0.29) is 11.3 Å². The van der Waals surface area contributed by atoms with Gasteiger partial charge in [0.1, 0.15) is 17.3 Å². The molecule has 1 atom stereocenters. The summed E-state index contributed by atoms with van der Waals surface area (Å²) in [6, 6.07) is 22.3. The van der Waals surface area contributed by atoms with Crippen molar-refractivity contribution >= 4 is 23.1 Å². The van der Waals surface area contributed by atoms with E-state index in [2.05, 4.69) is 6.92 Å². The number of carbonyl (C=O) groups is 2. The lowest BCUT2D eigenvalue weighted by molar-refractivity contribution is -0.132. The second kappa shape index (κ2) is 10.9. The van der Waals surface area contributed by atoms with Crippen LogP contribution in [0, 0.1) is 0 Å². The van der Waals surface area contributed by atoms with Gasteiger partial charge < -0.3 is 14.6 Å². The number of aliphatic hydroxyl groups excluding tert-OH is 1. The summed E-state index contributed by atoms with van der Waals surface area (Å²) in [5.41, 5.74) is 1.71. The molecule has 0 spiro atoms. The van der Waals surface area contributed by atoms with Crippen molar-refractivity contribution < 1.29 is 24.2 Å². The monoisotopic (exact) mass is 471 g/mol. The number of rotatable bonds is 9. The third kappa shape index (κ3) is 5.06. The van der Waals surface area contributed by atoms with Crippen molar-refractivity contribution in [1.29, 1.82) is 0 Å². The van der Waals surface area contributed by atoms with Crippen molar-refractivity contribution in [2.45, 2.75) is 32.2 Å². The van der Waals surface area contributed by atoms with E-state index in [1.165, 1.54) is 4.90 Å². The van der Waals surface area contributed by atoms with Crippen LogP contribution >= 0.6 is 0 Å². The van der Waals surface area contributed by atoms with E-state index in [0.717, 1.165) is 19.3 Å². The lowest BCUT2D eigenvalue weighted by Gasteiger charge is -2.25. The van der Waals surface area contributed by atoms with Gasteiger partial charge in [-0.1, -0.05) is 56.2 Å². The Labute approximate surface area is 205 Å². The summed E-state index contributed by atoms with van der Waals surface area (Å²) < 4.78 is 11.1. The highest BCUT2D eigenvalue weighted by Gasteiger charge is 2.47. The molecule has 0 radical (unpaired) electrons. The van der Waals surface area contributed by atoms with Crippen LogP contribution in [-0.4, -0.2) is 30.5 Å². The third-order valence-corrected chi connectivity index (χ3v) is 6.04. The SMILES string of the molecule is CCCCCOc1ccc(/C(O)=C2\C(=O)C(=O)N(c3cccc(OC)c3)C2c2ccccc2)cc1. The van der Waals surface area contributed by atoms with Crippen LogP contribution in [0.3, 0.4) is 0 Å². The van der Waals surface area contributed by atoms with Crippen LogP contribution in [-0.2, 0) is 9.59 Å². The second-order valence-electron chi connectivity index (χ2n) is 8.36. The first-order valence-electron chi connectivity index (χ1n) is 11.8. The molecule has 1 fully saturated rings. The number of nitrogens with zero attached hydrogens (tertiary/aromatic N) is 1. The van der Waals surface area contributed by atoms with Crippen LogP contribution in [0.15, 0.2) is 84.4 Å². The van der Waals surface area contributed by atoms with E-state index in [0.29, 0.717) is 34.9 Å². The molecule has 1 saturated heterocycles. The molecule has 0 aromatic heterocycles. The second-order valence-corrected chi connectivity index (χ2v) is 8.36. The van der Waals surface area contributed by atoms with Crippen LogP contribution in [0.4, 0.5) is 5.69 Å². The zero-order chi connectivity index (χ0) is 24.8. The molecule has 35 heavy (non-hydrogen) atoms. The molecule has 1 unspecified atom stereocenters. The molecule has 3 aromatic carbocycles. The fourth-order valence-corrected chi connectivity index (χ4v) is 4.22. The Morgan fingerprint density at radius 1 is 0.914 bits per heavy atom. The van der Waals surface area contributed by atoms with Crippen molar-refractivity contribution in [3.05, 3.63) is 95.6 Å². The number of benzene rings is 3. The minimum Gasteiger partial charge on any atom is -0.507 e. The fraction of sp³-hybridized carbons (Fsp3) is 0.241. The lowest BCUT2D eigenvalue weighted by Crippen LogP contribution is -2.29. The molecule has 1 aliphatic heterocycles. The van der Waals surface area contributed by atoms with Gasteiger partial charge >= 0.3 is 0 Å². The molecule has 0 bridgehead atoms. The number of aliphatic hydroxyl groups is 1. The van der Waals surface area contributed by atoms with Gasteiger partial charge in [-0.25, -0.2) is 0 Å². The Bertz CT molecular complexity index is 1220. The molecule has 3 aromatic rings. The Morgan fingerprint density at radius 3 is 2.34 bits per heavy atom. The van der Waals surface area contributed by atoms with Gasteiger partial charge in [-0.2, -0.15) is 0 Å². The molecule has 1 heterocycles. The van der Waals surface area contributed by atoms with E-state index >= 15 is 0 Å². The number of unbranched alkanes of at least 4 members (excludes halogenated alkanes) is 2. The predicted molar refractivity (Wildman–Crippen MR) is 136 cm³/mol. The largest absolute Gasteiger partial charge is 0.507 e. The Balaban J connectivity index is 1.74. The number of anilines is 1. The van der Waals surface area contributed by atoms with Gasteiger partial charge in [0.05, 0.1) is 25.3 Å². The van der Waals surface area contributed by atoms with Crippen molar-refractivity contribution in [3.63, 3.8) is 0 Å². The summed E-state index contributed by atoms with van der Waals surface area (Å²) in [5.74, 6) is -0.413. The molecular formula is C29H29NO5. The summed E-state index contributed by atoms with van der Waals surface area (Å²) in [6.07, 6.45) is 3.20. The number of Topliss-reactive ketones (excluding diaryl/α,β-unsaturated/α-hetero) is 1. The predicted octanol–water partition coefficient (Wildman–Crippen LogP) is 5.89. The number of hydrogen-bond acceptors (Lipinski definition) is 5. The first-order valence-corrected chi connectivity index (χ1v) is 11.8. The molecule has 1 N–H and O–H groups in total. The Hall–Kier alpha value is -4.06. The van der Waals surface area contributed by atoms with E-state index in [4.69, 9.17) is 9.47 Å². The van der Waals surface area contributed by atoms with Crippen molar-refractivity contribution in [3.8, 4) is 11.5 Å². The van der Waals surface area contributed by atoms with Gasteiger partial charge in [0, 0.05) is 17.3 Å². The average Bonchev–Trinajstić information content (AvgIpc) is 3.17. The maximum Gasteiger partial charge on any atom is 0.300 e. The third-order valence-electron chi connectivity index (χ3n) is 6.04. The first-order chi connectivity index (χ1) is 17.0. The molecular weight excluding hydrogens is 442 g/mol. The van der Waals surface area contributed by atoms with Crippen LogP contribution in [0.2, 0.25) is 0 Å². The Kier molecular flexibility index (Phi) is 7.51. The molecule has 180 valence electrons. The number of amides is 1. The van der Waals surface area contributed by atoms with E-state index < -0.39 is 17.7 Å². The Morgan fingerprint density at radius 2 is 1.66 bits per heavy atom. The van der Waals surface area contributed by atoms with Crippen LogP contribution in [0.25, 0.3) is 5.76 Å². The molecule has 6 nitrogen and oxygen atoms in total. The van der Waals surface area contributed by atoms with Crippen LogP contribution in [0.1, 0.15) is 43.4 Å². The van der Waals surface area contributed by atoms with Crippen molar-refractivity contribution in [2.75, 3.05) is 18.6 Å². The highest BCUT2D eigenvalue weighted by molar-refractivity contribution is 6.51. The van der Waals surface area contributed by atoms with Crippen molar-refractivity contribution in [1.82, 2.24) is 0 Å². The number of ketones is 1. The first kappa shape index (κ1) is 24.1. The maximum atomic E-state index is 13.2. The number of hydrogen-bond donors (Lipinski definition) is 1. The zero-order valence-electron chi connectivity index (χ0n) is 19.9. The number of carbonyl (C=O) groups excluding carboxylic acids is 2. The number of ether oxygens (including phenoxy) is 2. The summed E-state index contributed by atoms with van der Waals surface area (Å²) in [5, 5.41) is 11.3. The summed E-state index contributed by atoms with van der Waals surface area (Å²) in [7, 11) is 1.54. The van der Waals surface area contributed by atoms with E-state index in [9.17, 15) is 14.7 Å². The van der Waals surface area contributed by atoms with E-state index in [1.54, 1.807) is 55.6 Å². The summed E-state index contributed by atoms with van der Waals surface area (Å²) in [6.45, 7) is 2.76. The van der Waals surface area contributed by atoms with Gasteiger partial charge in [-0.3, -0.25) is 14.5 Å². The molecule has 6 heteroatoms. The van der Waals surface area contributed by atoms with E-state index in [1.807, 2.05) is 30.3 Å². The minimum absolute atomic E-state index is 0.0423. The van der Waals surface area contributed by atoms with Gasteiger partial charge in [0.15, 0.2) is 0 Å². The highest BCUT2D eigenvalue weighted by Crippen LogP contribution is 2.42. The van der Waals surface area contributed by atoms with Gasteiger partial charge in [-0.05, 0) is 48.4 Å². The smallest absolute Gasteiger partial charge is 0.300 e. The quantitative estimate of drug-likeness (QED) is 0.182. The van der Waals surface area contributed by atoms with Crippen molar-refractivity contribution in [2.24, 2.45) is 0 Å². The summed E-state index contributed by atoms with van der Waals surface area (Å²) >= 11 is 0. The molecule has 4 rings (SSSR count). The molecule has 0 aliphatic carbocycles. The van der Waals surface area contributed by atoms with Crippen LogP contribution < -0.4 is 14.4 Å². The summed E-state index contributed by atoms with van der Waals surface area (Å²) in [4.78, 5) is 27.9. The molecule has 1 amide bonds. The minimum atomic E-state index is -0.784. The standard InChI is InChI=1S/C29H29NO5/c1-3-4-8-18-35-23-16-14-21(15-17-23)27(31)25-26(20-10-6-5-7-11-20)30(29(33)28(25)32)22-12-9-13-24(19-22)34-2/h5-7,9-17,19,26,31H,3-4,8,18H2,1-2H3/b27-25+.